The smallest absolute Gasteiger partial charge is 0.126 e. The van der Waals surface area contributed by atoms with Gasteiger partial charge in [-0.3, -0.25) is 0 Å². The predicted molar refractivity (Wildman–Crippen MR) is 74.5 cm³/mol. The maximum Gasteiger partial charge on any atom is 0.126 e. The van der Waals surface area contributed by atoms with Crippen molar-refractivity contribution in [1.82, 2.24) is 5.32 Å². The van der Waals surface area contributed by atoms with Crippen LogP contribution in [0.1, 0.15) is 30.4 Å². The second-order valence-electron chi connectivity index (χ2n) is 4.84. The van der Waals surface area contributed by atoms with Crippen LogP contribution in [0.2, 0.25) is 0 Å². The lowest BCUT2D eigenvalue weighted by Crippen LogP contribution is -2.27. The molecule has 0 amide bonds. The predicted octanol–water partition coefficient (Wildman–Crippen LogP) is 3.66. The van der Waals surface area contributed by atoms with Gasteiger partial charge in [0.05, 0.1) is 7.11 Å². The van der Waals surface area contributed by atoms with E-state index in [2.05, 4.69) is 40.3 Å². The molecule has 2 nitrogen and oxygen atoms in total. The number of aryl methyl sites for hydroxylation is 1. The minimum Gasteiger partial charge on any atom is -0.496 e. The van der Waals surface area contributed by atoms with Crippen LogP contribution in [0, 0.1) is 12.8 Å². The van der Waals surface area contributed by atoms with Crippen molar-refractivity contribution < 1.29 is 4.74 Å². The molecule has 0 spiro atoms. The molecule has 0 unspecified atom stereocenters. The molecule has 0 bridgehead atoms. The van der Waals surface area contributed by atoms with Crippen LogP contribution in [0.15, 0.2) is 16.6 Å². The fourth-order valence-electron chi connectivity index (χ4n) is 2.33. The molecule has 0 heterocycles. The molecule has 1 aromatic carbocycles. The number of hydrogen-bond donors (Lipinski definition) is 1. The van der Waals surface area contributed by atoms with E-state index < -0.39 is 0 Å². The first-order valence-electron chi connectivity index (χ1n) is 6.24. The van der Waals surface area contributed by atoms with Crippen LogP contribution in [0.4, 0.5) is 0 Å². The summed E-state index contributed by atoms with van der Waals surface area (Å²) < 4.78 is 6.59. The van der Waals surface area contributed by atoms with E-state index in [0.717, 1.165) is 29.2 Å². The maximum absolute atomic E-state index is 5.47. The summed E-state index contributed by atoms with van der Waals surface area (Å²) in [6.07, 6.45) is 4.19. The fraction of sp³-hybridized carbons (Fsp3) is 0.571. The Bertz CT molecular complexity index is 388. The Kier molecular flexibility index (Phi) is 4.46. The summed E-state index contributed by atoms with van der Waals surface area (Å²) in [6, 6.07) is 4.23. The van der Waals surface area contributed by atoms with Crippen LogP contribution >= 0.6 is 15.9 Å². The quantitative estimate of drug-likeness (QED) is 0.896. The molecule has 0 saturated heterocycles. The molecule has 1 fully saturated rings. The Labute approximate surface area is 112 Å². The van der Waals surface area contributed by atoms with Crippen LogP contribution in [-0.2, 0) is 6.54 Å². The minimum atomic E-state index is 0.889. The number of rotatable bonds is 5. The molecule has 2 rings (SSSR count). The van der Waals surface area contributed by atoms with Crippen LogP contribution in [0.5, 0.6) is 5.75 Å². The number of nitrogens with one attached hydrogen (secondary N) is 1. The van der Waals surface area contributed by atoms with E-state index in [-0.39, 0.29) is 0 Å². The van der Waals surface area contributed by atoms with E-state index in [1.807, 2.05) is 0 Å². The van der Waals surface area contributed by atoms with Crippen LogP contribution in [0.3, 0.4) is 0 Å². The molecular formula is C14H20BrNO. The molecule has 1 aromatic rings. The zero-order chi connectivity index (χ0) is 12.3. The summed E-state index contributed by atoms with van der Waals surface area (Å²) in [5.41, 5.74) is 2.42. The van der Waals surface area contributed by atoms with Crippen LogP contribution in [-0.4, -0.2) is 13.7 Å². The SMILES string of the molecule is COc1c(C)cc(Br)cc1CNCC1CCC1. The fourth-order valence-corrected chi connectivity index (χ4v) is 2.95. The topological polar surface area (TPSA) is 21.3 Å². The molecule has 0 aromatic heterocycles. The molecule has 3 heteroatoms. The number of benzene rings is 1. The lowest BCUT2D eigenvalue weighted by Gasteiger charge is -2.25. The highest BCUT2D eigenvalue weighted by Crippen LogP contribution is 2.28. The highest BCUT2D eigenvalue weighted by Gasteiger charge is 2.16. The number of hydrogen-bond acceptors (Lipinski definition) is 2. The number of ether oxygens (including phenoxy) is 1. The Morgan fingerprint density at radius 2 is 2.18 bits per heavy atom. The first kappa shape index (κ1) is 12.9. The van der Waals surface area contributed by atoms with Crippen molar-refractivity contribution in [2.75, 3.05) is 13.7 Å². The van der Waals surface area contributed by atoms with Gasteiger partial charge in [-0.15, -0.1) is 0 Å². The van der Waals surface area contributed by atoms with Gasteiger partial charge in [0, 0.05) is 16.6 Å². The van der Waals surface area contributed by atoms with Gasteiger partial charge in [0.1, 0.15) is 5.75 Å². The first-order valence-corrected chi connectivity index (χ1v) is 7.03. The van der Waals surface area contributed by atoms with Gasteiger partial charge in [0.2, 0.25) is 0 Å². The summed E-state index contributed by atoms with van der Waals surface area (Å²) >= 11 is 3.54. The third kappa shape index (κ3) is 3.23. The maximum atomic E-state index is 5.47. The van der Waals surface area contributed by atoms with E-state index in [1.165, 1.54) is 30.4 Å². The summed E-state index contributed by atoms with van der Waals surface area (Å²) in [7, 11) is 1.74. The van der Waals surface area contributed by atoms with Crippen molar-refractivity contribution in [3.63, 3.8) is 0 Å². The van der Waals surface area contributed by atoms with Crippen LogP contribution in [0.25, 0.3) is 0 Å². The standard InChI is InChI=1S/C14H20BrNO/c1-10-6-13(15)7-12(14(10)17-2)9-16-8-11-4-3-5-11/h6-7,11,16H,3-5,8-9H2,1-2H3. The van der Waals surface area contributed by atoms with E-state index in [0.29, 0.717) is 0 Å². The zero-order valence-corrected chi connectivity index (χ0v) is 12.1. The second kappa shape index (κ2) is 5.87. The summed E-state index contributed by atoms with van der Waals surface area (Å²) in [5.74, 6) is 1.91. The summed E-state index contributed by atoms with van der Waals surface area (Å²) in [6.45, 7) is 4.10. The molecular weight excluding hydrogens is 278 g/mol. The van der Waals surface area contributed by atoms with Gasteiger partial charge in [0.25, 0.3) is 0 Å². The van der Waals surface area contributed by atoms with E-state index >= 15 is 0 Å². The van der Waals surface area contributed by atoms with Gasteiger partial charge in [0.15, 0.2) is 0 Å². The van der Waals surface area contributed by atoms with Crippen LogP contribution < -0.4 is 10.1 Å². The van der Waals surface area contributed by atoms with Gasteiger partial charge in [-0.1, -0.05) is 22.4 Å². The molecule has 1 aliphatic rings. The molecule has 1 saturated carbocycles. The average molecular weight is 298 g/mol. The van der Waals surface area contributed by atoms with Crippen molar-refractivity contribution in [3.8, 4) is 5.75 Å². The third-order valence-electron chi connectivity index (χ3n) is 3.49. The van der Waals surface area contributed by atoms with Crippen molar-refractivity contribution in [2.45, 2.75) is 32.7 Å². The van der Waals surface area contributed by atoms with Gasteiger partial charge in [-0.05, 0) is 49.9 Å². The normalized spacial score (nSPS) is 15.7. The van der Waals surface area contributed by atoms with Crippen molar-refractivity contribution in [1.29, 1.82) is 0 Å². The molecule has 0 aliphatic heterocycles. The molecule has 17 heavy (non-hydrogen) atoms. The molecule has 1 aliphatic carbocycles. The van der Waals surface area contributed by atoms with E-state index in [1.54, 1.807) is 7.11 Å². The Hall–Kier alpha value is -0.540. The van der Waals surface area contributed by atoms with Gasteiger partial charge in [-0.25, -0.2) is 0 Å². The monoisotopic (exact) mass is 297 g/mol. The van der Waals surface area contributed by atoms with E-state index in [4.69, 9.17) is 4.74 Å². The molecule has 0 radical (unpaired) electrons. The highest BCUT2D eigenvalue weighted by atomic mass is 79.9. The van der Waals surface area contributed by atoms with Gasteiger partial charge >= 0.3 is 0 Å². The molecule has 1 N–H and O–H groups in total. The largest absolute Gasteiger partial charge is 0.496 e. The number of halogens is 1. The summed E-state index contributed by atoms with van der Waals surface area (Å²) in [4.78, 5) is 0. The number of methoxy groups -OCH3 is 1. The Balaban J connectivity index is 1.97. The minimum absolute atomic E-state index is 0.889. The lowest BCUT2D eigenvalue weighted by molar-refractivity contribution is 0.300. The van der Waals surface area contributed by atoms with Gasteiger partial charge < -0.3 is 10.1 Å². The van der Waals surface area contributed by atoms with E-state index in [9.17, 15) is 0 Å². The molecule has 94 valence electrons. The third-order valence-corrected chi connectivity index (χ3v) is 3.95. The van der Waals surface area contributed by atoms with Gasteiger partial charge in [-0.2, -0.15) is 0 Å². The van der Waals surface area contributed by atoms with Crippen molar-refractivity contribution >= 4 is 15.9 Å². The lowest BCUT2D eigenvalue weighted by atomic mass is 9.85. The average Bonchev–Trinajstić information content (AvgIpc) is 2.21. The van der Waals surface area contributed by atoms with Crippen molar-refractivity contribution in [3.05, 3.63) is 27.7 Å². The summed E-state index contributed by atoms with van der Waals surface area (Å²) in [5, 5.41) is 3.53. The highest BCUT2D eigenvalue weighted by molar-refractivity contribution is 9.10. The van der Waals surface area contributed by atoms with Crippen molar-refractivity contribution in [2.24, 2.45) is 5.92 Å². The molecule has 0 atom stereocenters. The Morgan fingerprint density at radius 1 is 1.41 bits per heavy atom. The zero-order valence-electron chi connectivity index (χ0n) is 10.6. The Morgan fingerprint density at radius 3 is 2.76 bits per heavy atom. The first-order chi connectivity index (χ1) is 8.20. The second-order valence-corrected chi connectivity index (χ2v) is 5.76.